The lowest BCUT2D eigenvalue weighted by atomic mass is 10.2. The van der Waals surface area contributed by atoms with Gasteiger partial charge in [0.05, 0.1) is 6.67 Å². The van der Waals surface area contributed by atoms with Gasteiger partial charge in [0.1, 0.15) is 5.52 Å². The molecule has 5 heteroatoms. The maximum atomic E-state index is 5.38. The Balaban J connectivity index is 2.15. The third-order valence-electron chi connectivity index (χ3n) is 2.12. The average Bonchev–Trinajstić information content (AvgIpc) is 2.57. The Bertz CT molecular complexity index is 452. The van der Waals surface area contributed by atoms with Gasteiger partial charge in [0.15, 0.2) is 11.5 Å². The second kappa shape index (κ2) is 4.39. The first-order valence-electron chi connectivity index (χ1n) is 4.80. The summed E-state index contributed by atoms with van der Waals surface area (Å²) in [4.78, 5) is 4.27. The molecule has 0 aliphatic rings. The summed E-state index contributed by atoms with van der Waals surface area (Å²) >= 11 is 0. The maximum absolute atomic E-state index is 5.38. The summed E-state index contributed by atoms with van der Waals surface area (Å²) < 4.78 is 5.38. The van der Waals surface area contributed by atoms with Crippen LogP contribution in [-0.2, 0) is 6.54 Å². The molecule has 0 fully saturated rings. The Morgan fingerprint density at radius 1 is 1.47 bits per heavy atom. The molecular formula is C10H14N4O. The van der Waals surface area contributed by atoms with Crippen LogP contribution in [0.2, 0.25) is 0 Å². The Kier molecular flexibility index (Phi) is 2.96. The molecule has 2 aromatic rings. The highest BCUT2D eigenvalue weighted by atomic mass is 16.3. The second-order valence-corrected chi connectivity index (χ2v) is 3.34. The van der Waals surface area contributed by atoms with Gasteiger partial charge < -0.3 is 4.42 Å². The van der Waals surface area contributed by atoms with Gasteiger partial charge in [0, 0.05) is 13.5 Å². The van der Waals surface area contributed by atoms with E-state index in [9.17, 15) is 0 Å². The van der Waals surface area contributed by atoms with Gasteiger partial charge >= 0.3 is 0 Å². The Morgan fingerprint density at radius 2 is 2.33 bits per heavy atom. The first-order valence-corrected chi connectivity index (χ1v) is 4.80. The van der Waals surface area contributed by atoms with Crippen molar-refractivity contribution < 1.29 is 4.42 Å². The van der Waals surface area contributed by atoms with Crippen LogP contribution in [0.1, 0.15) is 11.5 Å². The largest absolute Gasteiger partial charge is 0.441 e. The summed E-state index contributed by atoms with van der Waals surface area (Å²) in [6.07, 6.45) is 0. The molecule has 2 rings (SSSR count). The first kappa shape index (κ1) is 10.1. The minimum Gasteiger partial charge on any atom is -0.441 e. The summed E-state index contributed by atoms with van der Waals surface area (Å²) in [7, 11) is 0. The number of aromatic nitrogens is 1. The van der Waals surface area contributed by atoms with Crippen LogP contribution in [-0.4, -0.2) is 11.7 Å². The smallest absolute Gasteiger partial charge is 0.192 e. The molecule has 0 saturated carbocycles. The van der Waals surface area contributed by atoms with Crippen molar-refractivity contribution in [1.29, 1.82) is 0 Å². The van der Waals surface area contributed by atoms with Crippen molar-refractivity contribution >= 4 is 11.1 Å². The zero-order chi connectivity index (χ0) is 10.7. The van der Waals surface area contributed by atoms with Crippen molar-refractivity contribution in [1.82, 2.24) is 15.7 Å². The van der Waals surface area contributed by atoms with Crippen molar-refractivity contribution in [3.05, 3.63) is 29.7 Å². The molecule has 15 heavy (non-hydrogen) atoms. The Morgan fingerprint density at radius 3 is 3.13 bits per heavy atom. The van der Waals surface area contributed by atoms with Crippen LogP contribution in [0, 0.1) is 6.92 Å². The highest BCUT2D eigenvalue weighted by Gasteiger charge is 2.02. The summed E-state index contributed by atoms with van der Waals surface area (Å²) in [6.45, 7) is 3.18. The predicted molar refractivity (Wildman–Crippen MR) is 57.8 cm³/mol. The first-order chi connectivity index (χ1) is 7.29. The van der Waals surface area contributed by atoms with Crippen LogP contribution in [0.5, 0.6) is 0 Å². The lowest BCUT2D eigenvalue weighted by Gasteiger charge is -2.02. The van der Waals surface area contributed by atoms with E-state index in [-0.39, 0.29) is 0 Å². The average molecular weight is 206 g/mol. The molecule has 0 amide bonds. The minimum atomic E-state index is 0.579. The van der Waals surface area contributed by atoms with E-state index in [0.717, 1.165) is 23.2 Å². The van der Waals surface area contributed by atoms with Crippen LogP contribution < -0.4 is 16.6 Å². The number of nitrogens with two attached hydrogens (primary N) is 1. The van der Waals surface area contributed by atoms with Crippen LogP contribution in [0.25, 0.3) is 11.1 Å². The third kappa shape index (κ3) is 2.33. The van der Waals surface area contributed by atoms with Gasteiger partial charge in [-0.2, -0.15) is 0 Å². The van der Waals surface area contributed by atoms with Crippen molar-refractivity contribution in [2.45, 2.75) is 13.5 Å². The van der Waals surface area contributed by atoms with Gasteiger partial charge in [-0.15, -0.1) is 0 Å². The number of hydrazine groups is 1. The molecule has 5 nitrogen and oxygen atoms in total. The van der Waals surface area contributed by atoms with E-state index < -0.39 is 0 Å². The molecule has 0 unspecified atom stereocenters. The van der Waals surface area contributed by atoms with Crippen molar-refractivity contribution in [2.75, 3.05) is 6.67 Å². The lowest BCUT2D eigenvalue weighted by Crippen LogP contribution is -2.33. The van der Waals surface area contributed by atoms with Crippen LogP contribution >= 0.6 is 0 Å². The van der Waals surface area contributed by atoms with Crippen LogP contribution in [0.3, 0.4) is 0 Å². The lowest BCUT2D eigenvalue weighted by molar-refractivity contribution is 0.561. The van der Waals surface area contributed by atoms with Gasteiger partial charge in [0.25, 0.3) is 0 Å². The van der Waals surface area contributed by atoms with E-state index in [2.05, 4.69) is 15.7 Å². The fraction of sp³-hybridized carbons (Fsp3) is 0.300. The number of hydrogen-bond acceptors (Lipinski definition) is 5. The molecule has 0 atom stereocenters. The molecule has 0 spiro atoms. The molecule has 0 bridgehead atoms. The van der Waals surface area contributed by atoms with E-state index >= 15 is 0 Å². The molecule has 0 aliphatic carbocycles. The summed E-state index contributed by atoms with van der Waals surface area (Å²) in [5.74, 6) is 5.84. The fourth-order valence-electron chi connectivity index (χ4n) is 1.48. The molecule has 1 aromatic heterocycles. The number of fused-ring (bicyclic) bond motifs is 1. The summed E-state index contributed by atoms with van der Waals surface area (Å²) in [5.41, 5.74) is 5.42. The van der Waals surface area contributed by atoms with Crippen molar-refractivity contribution in [3.8, 4) is 0 Å². The Hall–Kier alpha value is -1.43. The number of nitrogens with zero attached hydrogens (tertiary/aromatic N) is 1. The Labute approximate surface area is 87.6 Å². The fourth-order valence-corrected chi connectivity index (χ4v) is 1.48. The topological polar surface area (TPSA) is 76.1 Å². The van der Waals surface area contributed by atoms with Gasteiger partial charge in [-0.05, 0) is 17.7 Å². The maximum Gasteiger partial charge on any atom is 0.192 e. The van der Waals surface area contributed by atoms with Crippen LogP contribution in [0.15, 0.2) is 22.6 Å². The summed E-state index contributed by atoms with van der Waals surface area (Å²) in [6, 6.07) is 5.95. The van der Waals surface area contributed by atoms with E-state index in [0.29, 0.717) is 12.6 Å². The molecule has 0 aliphatic heterocycles. The molecular weight excluding hydrogens is 192 g/mol. The molecule has 0 radical (unpaired) electrons. The number of aryl methyl sites for hydroxylation is 1. The zero-order valence-corrected chi connectivity index (χ0v) is 8.58. The highest BCUT2D eigenvalue weighted by molar-refractivity contribution is 5.73. The normalized spacial score (nSPS) is 11.1. The van der Waals surface area contributed by atoms with Gasteiger partial charge in [-0.1, -0.05) is 6.07 Å². The van der Waals surface area contributed by atoms with E-state index in [1.54, 1.807) is 0 Å². The zero-order valence-electron chi connectivity index (χ0n) is 8.58. The number of oxazole rings is 1. The minimum absolute atomic E-state index is 0.579. The highest BCUT2D eigenvalue weighted by Crippen LogP contribution is 2.16. The quantitative estimate of drug-likeness (QED) is 0.296. The number of benzene rings is 1. The summed E-state index contributed by atoms with van der Waals surface area (Å²) in [5, 5.41) is 3.13. The van der Waals surface area contributed by atoms with E-state index in [4.69, 9.17) is 10.3 Å². The number of rotatable bonds is 4. The number of nitrogens with one attached hydrogen (secondary N) is 2. The van der Waals surface area contributed by atoms with E-state index in [1.807, 2.05) is 25.1 Å². The van der Waals surface area contributed by atoms with Gasteiger partial charge in [0.2, 0.25) is 0 Å². The second-order valence-electron chi connectivity index (χ2n) is 3.34. The predicted octanol–water partition coefficient (Wildman–Crippen LogP) is 0.647. The molecule has 1 heterocycles. The van der Waals surface area contributed by atoms with Crippen LogP contribution in [0.4, 0.5) is 0 Å². The van der Waals surface area contributed by atoms with Crippen molar-refractivity contribution in [2.24, 2.45) is 5.84 Å². The number of hydrogen-bond donors (Lipinski definition) is 3. The standard InChI is InChI=1S/C10H14N4O/c1-7-14-9-4-8(5-12-6-13-11)2-3-10(9)15-7/h2-4,12-13H,5-6,11H2,1H3. The van der Waals surface area contributed by atoms with Gasteiger partial charge in [-0.25, -0.2) is 10.4 Å². The SMILES string of the molecule is Cc1nc2cc(CNCNN)ccc2o1. The molecule has 80 valence electrons. The third-order valence-corrected chi connectivity index (χ3v) is 2.12. The molecule has 0 saturated heterocycles. The van der Waals surface area contributed by atoms with Crippen molar-refractivity contribution in [3.63, 3.8) is 0 Å². The molecule has 1 aromatic carbocycles. The molecule has 4 N–H and O–H groups in total. The van der Waals surface area contributed by atoms with E-state index in [1.165, 1.54) is 0 Å². The monoisotopic (exact) mass is 206 g/mol. The van der Waals surface area contributed by atoms with Gasteiger partial charge in [-0.3, -0.25) is 11.2 Å².